The third-order valence-electron chi connectivity index (χ3n) is 4.44. The first kappa shape index (κ1) is 16.1. The Morgan fingerprint density at radius 2 is 1.73 bits per heavy atom. The van der Waals surface area contributed by atoms with Crippen molar-refractivity contribution in [1.82, 2.24) is 0 Å². The molecule has 0 unspecified atom stereocenters. The molecule has 1 atom stereocenters. The number of aliphatic hydroxyl groups is 1. The van der Waals surface area contributed by atoms with Gasteiger partial charge >= 0.3 is 5.97 Å². The van der Waals surface area contributed by atoms with E-state index in [2.05, 4.69) is 0 Å². The highest BCUT2D eigenvalue weighted by Crippen LogP contribution is 2.46. The maximum atomic E-state index is 12.2. The Morgan fingerprint density at radius 3 is 2.35 bits per heavy atom. The lowest BCUT2D eigenvalue weighted by atomic mass is 9.83. The largest absolute Gasteiger partial charge is 0.508 e. The molecule has 2 aromatic carbocycles. The Kier molecular flexibility index (Phi) is 3.84. The highest BCUT2D eigenvalue weighted by Gasteiger charge is 2.36. The van der Waals surface area contributed by atoms with Crippen LogP contribution in [0.2, 0.25) is 0 Å². The predicted molar refractivity (Wildman–Crippen MR) is 89.7 cm³/mol. The molecule has 7 nitrogen and oxygen atoms in total. The number of hydrogen-bond donors (Lipinski definition) is 2. The molecule has 2 N–H and O–H groups in total. The number of hydrogen-bond acceptors (Lipinski definition) is 7. The fourth-order valence-electron chi connectivity index (χ4n) is 3.17. The Hall–Kier alpha value is -3.35. The van der Waals surface area contributed by atoms with Gasteiger partial charge in [0.2, 0.25) is 6.79 Å². The Labute approximate surface area is 149 Å². The lowest BCUT2D eigenvalue weighted by Crippen LogP contribution is -2.12. The highest BCUT2D eigenvalue weighted by atomic mass is 16.7. The van der Waals surface area contributed by atoms with Crippen LogP contribution in [0.4, 0.5) is 0 Å². The van der Waals surface area contributed by atoms with E-state index in [1.54, 1.807) is 37.4 Å². The molecule has 0 fully saturated rings. The van der Waals surface area contributed by atoms with Gasteiger partial charge in [-0.3, -0.25) is 0 Å². The molecule has 4 rings (SSSR count). The smallest absolute Gasteiger partial charge is 0.338 e. The van der Waals surface area contributed by atoms with Crippen molar-refractivity contribution in [3.8, 4) is 23.0 Å². The fraction of sp³-hybridized carbons (Fsp3) is 0.211. The van der Waals surface area contributed by atoms with Gasteiger partial charge in [0.15, 0.2) is 11.5 Å². The quantitative estimate of drug-likeness (QED) is 0.813. The standard InChI is InChI=1S/C19H16O7/c1-23-11-4-2-10(3-5-11)17(18-14(21)8-24-19(18)22)12-6-15-16(7-13(12)20)26-9-25-15/h2-7,17,20-21H,8-9H2,1H3/t17-/m0/s1. The molecular weight excluding hydrogens is 340 g/mol. The molecule has 2 heterocycles. The average Bonchev–Trinajstić information content (AvgIpc) is 3.23. The van der Waals surface area contributed by atoms with E-state index >= 15 is 0 Å². The van der Waals surface area contributed by atoms with Gasteiger partial charge < -0.3 is 29.2 Å². The third kappa shape index (κ3) is 2.57. The van der Waals surface area contributed by atoms with Crippen molar-refractivity contribution in [2.45, 2.75) is 5.92 Å². The van der Waals surface area contributed by atoms with E-state index in [1.807, 2.05) is 0 Å². The second-order valence-corrected chi connectivity index (χ2v) is 5.91. The van der Waals surface area contributed by atoms with E-state index in [9.17, 15) is 15.0 Å². The van der Waals surface area contributed by atoms with Gasteiger partial charge in [-0.2, -0.15) is 0 Å². The van der Waals surface area contributed by atoms with E-state index in [4.69, 9.17) is 18.9 Å². The Bertz CT molecular complexity index is 899. The summed E-state index contributed by atoms with van der Waals surface area (Å²) >= 11 is 0. The summed E-state index contributed by atoms with van der Waals surface area (Å²) < 4.78 is 20.8. The lowest BCUT2D eigenvalue weighted by Gasteiger charge is -2.20. The third-order valence-corrected chi connectivity index (χ3v) is 4.44. The number of esters is 1. The second-order valence-electron chi connectivity index (χ2n) is 5.91. The van der Waals surface area contributed by atoms with Crippen molar-refractivity contribution >= 4 is 5.97 Å². The summed E-state index contributed by atoms with van der Waals surface area (Å²) in [4.78, 5) is 12.2. The van der Waals surface area contributed by atoms with Crippen molar-refractivity contribution in [3.63, 3.8) is 0 Å². The molecule has 0 saturated heterocycles. The zero-order valence-electron chi connectivity index (χ0n) is 13.9. The van der Waals surface area contributed by atoms with E-state index in [1.165, 1.54) is 6.07 Å². The molecule has 0 saturated carbocycles. The second kappa shape index (κ2) is 6.18. The number of carbonyl (C=O) groups excluding carboxylic acids is 1. The first-order valence-corrected chi connectivity index (χ1v) is 7.94. The van der Waals surface area contributed by atoms with Crippen molar-refractivity contribution in [2.24, 2.45) is 0 Å². The van der Waals surface area contributed by atoms with Crippen LogP contribution in [0.15, 0.2) is 47.7 Å². The van der Waals surface area contributed by atoms with E-state index in [-0.39, 0.29) is 30.5 Å². The number of aliphatic hydroxyl groups excluding tert-OH is 1. The van der Waals surface area contributed by atoms with Crippen LogP contribution in [-0.2, 0) is 9.53 Å². The van der Waals surface area contributed by atoms with Crippen molar-refractivity contribution < 1.29 is 34.0 Å². The SMILES string of the molecule is COc1ccc([C@H](C2=C(O)COC2=O)c2cc3c(cc2O)OCO3)cc1. The molecule has 26 heavy (non-hydrogen) atoms. The van der Waals surface area contributed by atoms with Crippen LogP contribution in [0.25, 0.3) is 0 Å². The molecule has 2 aromatic rings. The minimum Gasteiger partial charge on any atom is -0.508 e. The van der Waals surface area contributed by atoms with E-state index in [0.29, 0.717) is 28.4 Å². The molecule has 134 valence electrons. The number of fused-ring (bicyclic) bond motifs is 1. The Morgan fingerprint density at radius 1 is 1.04 bits per heavy atom. The summed E-state index contributed by atoms with van der Waals surface area (Å²) in [6.45, 7) is -0.131. The molecule has 0 bridgehead atoms. The summed E-state index contributed by atoms with van der Waals surface area (Å²) in [5.41, 5.74) is 1.17. The van der Waals surface area contributed by atoms with Crippen LogP contribution in [0.5, 0.6) is 23.0 Å². The number of methoxy groups -OCH3 is 1. The van der Waals surface area contributed by atoms with Crippen molar-refractivity contribution in [3.05, 3.63) is 58.9 Å². The van der Waals surface area contributed by atoms with Gasteiger partial charge in [-0.15, -0.1) is 0 Å². The monoisotopic (exact) mass is 356 g/mol. The summed E-state index contributed by atoms with van der Waals surface area (Å²) in [5.74, 6) is -0.0574. The van der Waals surface area contributed by atoms with Crippen molar-refractivity contribution in [2.75, 3.05) is 20.5 Å². The van der Waals surface area contributed by atoms with Gasteiger partial charge in [-0.25, -0.2) is 4.79 Å². The number of carbonyl (C=O) groups is 1. The van der Waals surface area contributed by atoms with Gasteiger partial charge in [-0.1, -0.05) is 12.1 Å². The Balaban J connectivity index is 1.89. The number of cyclic esters (lactones) is 1. The number of ether oxygens (including phenoxy) is 4. The summed E-state index contributed by atoms with van der Waals surface area (Å²) in [6, 6.07) is 10.1. The van der Waals surface area contributed by atoms with Crippen LogP contribution in [0, 0.1) is 0 Å². The molecule has 0 amide bonds. The van der Waals surface area contributed by atoms with E-state index in [0.717, 1.165) is 0 Å². The van der Waals surface area contributed by atoms with Gasteiger partial charge in [0.1, 0.15) is 23.9 Å². The van der Waals surface area contributed by atoms with Gasteiger partial charge in [0, 0.05) is 17.5 Å². The minimum absolute atomic E-state index is 0.0570. The fourth-order valence-corrected chi connectivity index (χ4v) is 3.17. The topological polar surface area (TPSA) is 94.5 Å². The van der Waals surface area contributed by atoms with Crippen LogP contribution in [-0.4, -0.2) is 36.7 Å². The van der Waals surface area contributed by atoms with Crippen LogP contribution in [0.1, 0.15) is 17.0 Å². The molecule has 0 aromatic heterocycles. The number of phenolic OH excluding ortho intramolecular Hbond substituents is 1. The number of phenols is 1. The van der Waals surface area contributed by atoms with Gasteiger partial charge in [-0.05, 0) is 23.8 Å². The maximum absolute atomic E-state index is 12.2. The minimum atomic E-state index is -0.731. The molecule has 0 aliphatic carbocycles. The molecule has 0 spiro atoms. The van der Waals surface area contributed by atoms with Crippen LogP contribution >= 0.6 is 0 Å². The zero-order valence-corrected chi connectivity index (χ0v) is 13.9. The summed E-state index contributed by atoms with van der Waals surface area (Å²) in [6.07, 6.45) is 0. The van der Waals surface area contributed by atoms with Crippen molar-refractivity contribution in [1.29, 1.82) is 0 Å². The number of benzene rings is 2. The number of rotatable bonds is 4. The normalized spacial score (nSPS) is 16.6. The zero-order chi connectivity index (χ0) is 18.3. The highest BCUT2D eigenvalue weighted by molar-refractivity contribution is 5.94. The first-order valence-electron chi connectivity index (χ1n) is 7.94. The van der Waals surface area contributed by atoms with E-state index < -0.39 is 11.9 Å². The van der Waals surface area contributed by atoms with Gasteiger partial charge in [0.25, 0.3) is 0 Å². The van der Waals surface area contributed by atoms with Crippen LogP contribution in [0.3, 0.4) is 0 Å². The molecule has 7 heteroatoms. The summed E-state index contributed by atoms with van der Waals surface area (Å²) in [7, 11) is 1.55. The lowest BCUT2D eigenvalue weighted by molar-refractivity contribution is -0.136. The first-order chi connectivity index (χ1) is 12.6. The molecule has 0 radical (unpaired) electrons. The maximum Gasteiger partial charge on any atom is 0.338 e. The van der Waals surface area contributed by atoms with Crippen LogP contribution < -0.4 is 14.2 Å². The molecular formula is C19H16O7. The number of aromatic hydroxyl groups is 1. The molecule has 2 aliphatic rings. The van der Waals surface area contributed by atoms with Gasteiger partial charge in [0.05, 0.1) is 12.7 Å². The molecule has 2 aliphatic heterocycles. The summed E-state index contributed by atoms with van der Waals surface area (Å²) in [5, 5.41) is 20.7. The predicted octanol–water partition coefficient (Wildman–Crippen LogP) is 2.63. The average molecular weight is 356 g/mol.